The normalized spacial score (nSPS) is 16.4. The van der Waals surface area contributed by atoms with Crippen LogP contribution in [0.3, 0.4) is 0 Å². The molecule has 0 bridgehead atoms. The molecule has 0 amide bonds. The van der Waals surface area contributed by atoms with Crippen molar-refractivity contribution in [2.75, 3.05) is 6.79 Å². The van der Waals surface area contributed by atoms with Gasteiger partial charge in [0.15, 0.2) is 11.5 Å². The SMILES string of the molecule is C=Cc1c(Cl)cc(CC(O)c2ccc3c(c2)OCO3)c(C2CC2)c1N=C. The summed E-state index contributed by atoms with van der Waals surface area (Å²) in [6.45, 7) is 7.78. The van der Waals surface area contributed by atoms with Gasteiger partial charge in [0.1, 0.15) is 0 Å². The van der Waals surface area contributed by atoms with Crippen LogP contribution in [0.1, 0.15) is 47.1 Å². The Hall–Kier alpha value is -2.30. The standard InChI is InChI=1S/C21H20ClNO3/c1-3-15-16(22)8-14(20(12-4-5-12)21(15)23-2)9-17(24)13-6-7-18-19(10-13)26-11-25-18/h3,6-8,10,12,17,24H,1-2,4-5,9,11H2. The molecule has 1 atom stereocenters. The fourth-order valence-corrected chi connectivity index (χ4v) is 3.82. The molecule has 2 aromatic carbocycles. The summed E-state index contributed by atoms with van der Waals surface area (Å²) in [5.41, 5.74) is 4.54. The van der Waals surface area contributed by atoms with Crippen molar-refractivity contribution in [2.24, 2.45) is 4.99 Å². The first-order valence-electron chi connectivity index (χ1n) is 8.64. The van der Waals surface area contributed by atoms with Crippen molar-refractivity contribution >= 4 is 30.1 Å². The lowest BCUT2D eigenvalue weighted by Gasteiger charge is -2.19. The zero-order valence-corrected chi connectivity index (χ0v) is 15.1. The summed E-state index contributed by atoms with van der Waals surface area (Å²) in [5.74, 6) is 1.82. The van der Waals surface area contributed by atoms with Crippen LogP contribution in [0.2, 0.25) is 5.02 Å². The number of ether oxygens (including phenoxy) is 2. The summed E-state index contributed by atoms with van der Waals surface area (Å²) < 4.78 is 10.7. The molecule has 0 radical (unpaired) electrons. The Morgan fingerprint density at radius 3 is 2.73 bits per heavy atom. The Morgan fingerprint density at radius 2 is 2.04 bits per heavy atom. The van der Waals surface area contributed by atoms with Gasteiger partial charge in [-0.15, -0.1) is 0 Å². The molecule has 134 valence electrons. The van der Waals surface area contributed by atoms with Gasteiger partial charge in [0, 0.05) is 12.0 Å². The van der Waals surface area contributed by atoms with Crippen molar-refractivity contribution in [3.05, 3.63) is 58.1 Å². The zero-order valence-electron chi connectivity index (χ0n) is 14.4. The number of fused-ring (bicyclic) bond motifs is 1. The van der Waals surface area contributed by atoms with E-state index in [-0.39, 0.29) is 6.79 Å². The van der Waals surface area contributed by atoms with E-state index in [9.17, 15) is 5.11 Å². The zero-order chi connectivity index (χ0) is 18.3. The topological polar surface area (TPSA) is 51.0 Å². The Morgan fingerprint density at radius 1 is 1.27 bits per heavy atom. The summed E-state index contributed by atoms with van der Waals surface area (Å²) in [4.78, 5) is 4.23. The van der Waals surface area contributed by atoms with Crippen molar-refractivity contribution in [3.8, 4) is 11.5 Å². The fourth-order valence-electron chi connectivity index (χ4n) is 3.53. The number of benzene rings is 2. The van der Waals surface area contributed by atoms with Gasteiger partial charge in [-0.05, 0) is 60.4 Å². The minimum Gasteiger partial charge on any atom is -0.454 e. The monoisotopic (exact) mass is 369 g/mol. The van der Waals surface area contributed by atoms with Crippen LogP contribution in [0.15, 0.2) is 35.8 Å². The van der Waals surface area contributed by atoms with Gasteiger partial charge >= 0.3 is 0 Å². The molecule has 4 rings (SSSR count). The minimum atomic E-state index is -0.676. The van der Waals surface area contributed by atoms with E-state index in [4.69, 9.17) is 21.1 Å². The lowest BCUT2D eigenvalue weighted by Crippen LogP contribution is -2.05. The average Bonchev–Trinajstić information content (AvgIpc) is 3.36. The summed E-state index contributed by atoms with van der Waals surface area (Å²) >= 11 is 6.44. The molecule has 0 saturated heterocycles. The van der Waals surface area contributed by atoms with Gasteiger partial charge in [0.05, 0.1) is 16.8 Å². The van der Waals surface area contributed by atoms with Crippen LogP contribution in [-0.2, 0) is 6.42 Å². The Kier molecular flexibility index (Phi) is 4.47. The fraction of sp³-hybridized carbons (Fsp3) is 0.286. The van der Waals surface area contributed by atoms with Crippen molar-refractivity contribution in [1.82, 2.24) is 0 Å². The molecule has 1 unspecified atom stereocenters. The van der Waals surface area contributed by atoms with Crippen LogP contribution in [-0.4, -0.2) is 18.6 Å². The molecule has 1 N–H and O–H groups in total. The molecular weight excluding hydrogens is 350 g/mol. The molecular formula is C21H20ClNO3. The number of hydrogen-bond acceptors (Lipinski definition) is 4. The minimum absolute atomic E-state index is 0.216. The highest BCUT2D eigenvalue weighted by Crippen LogP contribution is 2.49. The number of hydrogen-bond donors (Lipinski definition) is 1. The molecule has 1 aliphatic heterocycles. The molecule has 2 aromatic rings. The highest BCUT2D eigenvalue weighted by molar-refractivity contribution is 6.32. The molecule has 1 saturated carbocycles. The number of rotatable bonds is 6. The third-order valence-electron chi connectivity index (χ3n) is 4.96. The first-order chi connectivity index (χ1) is 12.6. The highest BCUT2D eigenvalue weighted by atomic mass is 35.5. The molecule has 0 aromatic heterocycles. The second-order valence-corrected chi connectivity index (χ2v) is 7.07. The summed E-state index contributed by atoms with van der Waals surface area (Å²) in [6, 6.07) is 7.45. The number of nitrogens with zero attached hydrogens (tertiary/aromatic N) is 1. The van der Waals surface area contributed by atoms with Gasteiger partial charge in [0.25, 0.3) is 0 Å². The second kappa shape index (κ2) is 6.78. The van der Waals surface area contributed by atoms with E-state index in [1.165, 1.54) is 0 Å². The van der Waals surface area contributed by atoms with E-state index in [1.54, 1.807) is 6.08 Å². The Bertz CT molecular complexity index is 889. The van der Waals surface area contributed by atoms with Crippen LogP contribution in [0, 0.1) is 0 Å². The van der Waals surface area contributed by atoms with Crippen LogP contribution in [0.25, 0.3) is 6.08 Å². The lowest BCUT2D eigenvalue weighted by molar-refractivity contribution is 0.171. The van der Waals surface area contributed by atoms with Crippen LogP contribution < -0.4 is 9.47 Å². The van der Waals surface area contributed by atoms with Gasteiger partial charge < -0.3 is 14.6 Å². The van der Waals surface area contributed by atoms with Gasteiger partial charge in [-0.1, -0.05) is 30.3 Å². The quantitative estimate of drug-likeness (QED) is 0.712. The molecule has 26 heavy (non-hydrogen) atoms. The van der Waals surface area contributed by atoms with Crippen LogP contribution >= 0.6 is 11.6 Å². The summed E-state index contributed by atoms with van der Waals surface area (Å²) in [5, 5.41) is 11.4. The Labute approximate surface area is 157 Å². The number of aliphatic hydroxyl groups is 1. The summed E-state index contributed by atoms with van der Waals surface area (Å²) in [6.07, 6.45) is 3.73. The third kappa shape index (κ3) is 3.00. The number of aliphatic imine (C=N–C) groups is 1. The van der Waals surface area contributed by atoms with Crippen molar-refractivity contribution in [1.29, 1.82) is 0 Å². The van der Waals surface area contributed by atoms with Crippen molar-refractivity contribution in [3.63, 3.8) is 0 Å². The number of halogens is 1. The molecule has 1 fully saturated rings. The van der Waals surface area contributed by atoms with E-state index in [0.717, 1.165) is 40.8 Å². The van der Waals surface area contributed by atoms with E-state index < -0.39 is 6.10 Å². The number of aliphatic hydroxyl groups excluding tert-OH is 1. The van der Waals surface area contributed by atoms with E-state index in [2.05, 4.69) is 18.3 Å². The molecule has 4 nitrogen and oxygen atoms in total. The van der Waals surface area contributed by atoms with E-state index >= 15 is 0 Å². The largest absolute Gasteiger partial charge is 0.454 e. The lowest BCUT2D eigenvalue weighted by atomic mass is 9.91. The maximum absolute atomic E-state index is 10.8. The smallest absolute Gasteiger partial charge is 0.231 e. The average molecular weight is 370 g/mol. The second-order valence-electron chi connectivity index (χ2n) is 6.66. The van der Waals surface area contributed by atoms with Gasteiger partial charge in [-0.2, -0.15) is 0 Å². The maximum Gasteiger partial charge on any atom is 0.231 e. The predicted molar refractivity (Wildman–Crippen MR) is 104 cm³/mol. The first kappa shape index (κ1) is 17.1. The predicted octanol–water partition coefficient (Wildman–Crippen LogP) is 5.20. The van der Waals surface area contributed by atoms with Gasteiger partial charge in [-0.25, -0.2) is 0 Å². The van der Waals surface area contributed by atoms with Gasteiger partial charge in [-0.3, -0.25) is 4.99 Å². The van der Waals surface area contributed by atoms with Crippen molar-refractivity contribution in [2.45, 2.75) is 31.3 Å². The maximum atomic E-state index is 10.8. The molecule has 0 spiro atoms. The van der Waals surface area contributed by atoms with E-state index in [0.29, 0.717) is 28.9 Å². The van der Waals surface area contributed by atoms with E-state index in [1.807, 2.05) is 24.3 Å². The first-order valence-corrected chi connectivity index (χ1v) is 9.02. The molecule has 2 aliphatic rings. The Balaban J connectivity index is 1.70. The molecule has 5 heteroatoms. The summed E-state index contributed by atoms with van der Waals surface area (Å²) in [7, 11) is 0. The van der Waals surface area contributed by atoms with Crippen LogP contribution in [0.4, 0.5) is 5.69 Å². The van der Waals surface area contributed by atoms with Crippen molar-refractivity contribution < 1.29 is 14.6 Å². The third-order valence-corrected chi connectivity index (χ3v) is 5.27. The van der Waals surface area contributed by atoms with Crippen LogP contribution in [0.5, 0.6) is 11.5 Å². The van der Waals surface area contributed by atoms with Gasteiger partial charge in [0.2, 0.25) is 6.79 Å². The molecule has 1 aliphatic carbocycles. The highest BCUT2D eigenvalue weighted by Gasteiger charge is 2.31. The molecule has 1 heterocycles.